The van der Waals surface area contributed by atoms with Crippen molar-refractivity contribution in [1.29, 1.82) is 0 Å². The number of nitrogens with zero attached hydrogens (tertiary/aromatic N) is 1. The van der Waals surface area contributed by atoms with Gasteiger partial charge >= 0.3 is 0 Å². The van der Waals surface area contributed by atoms with E-state index in [1.807, 2.05) is 0 Å². The molecule has 0 bridgehead atoms. The third-order valence-electron chi connectivity index (χ3n) is 2.08. The Balaban J connectivity index is 2.64. The van der Waals surface area contributed by atoms with Gasteiger partial charge in [-0.1, -0.05) is 23.2 Å². The van der Waals surface area contributed by atoms with Crippen LogP contribution >= 0.6 is 23.2 Å². The van der Waals surface area contributed by atoms with Crippen LogP contribution < -0.4 is 9.64 Å². The maximum atomic E-state index is 11.3. The standard InChI is InChI=1S/C9H7Cl2NO2/c1-12-7(13)4-14-9-6(11)3-2-5(10)8(9)12/h2-3H,4H2,1H3. The Bertz CT molecular complexity index is 406. The first-order valence-electron chi connectivity index (χ1n) is 3.98. The SMILES string of the molecule is CN1C(=O)COc2c(Cl)ccc(Cl)c21. The number of carbonyl (C=O) groups is 1. The molecule has 1 aliphatic rings. The zero-order valence-corrected chi connectivity index (χ0v) is 8.89. The highest BCUT2D eigenvalue weighted by atomic mass is 35.5. The summed E-state index contributed by atoms with van der Waals surface area (Å²) in [4.78, 5) is 12.8. The minimum atomic E-state index is -0.137. The van der Waals surface area contributed by atoms with Crippen molar-refractivity contribution in [2.45, 2.75) is 0 Å². The van der Waals surface area contributed by atoms with Crippen LogP contribution in [0.1, 0.15) is 0 Å². The van der Waals surface area contributed by atoms with Gasteiger partial charge in [0.15, 0.2) is 12.4 Å². The molecule has 0 N–H and O–H groups in total. The number of anilines is 1. The Hall–Kier alpha value is -0.930. The lowest BCUT2D eigenvalue weighted by Crippen LogP contribution is -2.35. The fraction of sp³-hybridized carbons (Fsp3) is 0.222. The van der Waals surface area contributed by atoms with Crippen LogP contribution in [0.4, 0.5) is 5.69 Å². The average molecular weight is 232 g/mol. The molecule has 0 unspecified atom stereocenters. The van der Waals surface area contributed by atoms with Crippen molar-refractivity contribution in [3.05, 3.63) is 22.2 Å². The van der Waals surface area contributed by atoms with Crippen molar-refractivity contribution in [3.8, 4) is 5.75 Å². The van der Waals surface area contributed by atoms with Crippen LogP contribution in [0.2, 0.25) is 10.0 Å². The molecule has 3 nitrogen and oxygen atoms in total. The Morgan fingerprint density at radius 2 is 2.00 bits per heavy atom. The highest BCUT2D eigenvalue weighted by Gasteiger charge is 2.26. The molecule has 1 aromatic rings. The fourth-order valence-corrected chi connectivity index (χ4v) is 1.81. The number of benzene rings is 1. The molecule has 0 atom stereocenters. The maximum absolute atomic E-state index is 11.3. The second-order valence-corrected chi connectivity index (χ2v) is 3.76. The van der Waals surface area contributed by atoms with Gasteiger partial charge in [0.25, 0.3) is 5.91 Å². The van der Waals surface area contributed by atoms with E-state index in [0.717, 1.165) is 0 Å². The smallest absolute Gasteiger partial charge is 0.264 e. The predicted octanol–water partition coefficient (Wildman–Crippen LogP) is 2.35. The molecule has 1 aromatic carbocycles. The Kier molecular flexibility index (Phi) is 2.29. The minimum absolute atomic E-state index is 0.00353. The zero-order chi connectivity index (χ0) is 10.3. The summed E-state index contributed by atoms with van der Waals surface area (Å²) in [7, 11) is 1.64. The number of hydrogen-bond acceptors (Lipinski definition) is 2. The molecule has 14 heavy (non-hydrogen) atoms. The van der Waals surface area contributed by atoms with Crippen LogP contribution in [0.25, 0.3) is 0 Å². The van der Waals surface area contributed by atoms with Gasteiger partial charge in [0.1, 0.15) is 5.69 Å². The van der Waals surface area contributed by atoms with E-state index in [2.05, 4.69) is 0 Å². The van der Waals surface area contributed by atoms with E-state index >= 15 is 0 Å². The molecular formula is C9H7Cl2NO2. The van der Waals surface area contributed by atoms with Crippen molar-refractivity contribution in [1.82, 2.24) is 0 Å². The molecule has 0 aliphatic carbocycles. The largest absolute Gasteiger partial charge is 0.480 e. The molecule has 0 radical (unpaired) electrons. The number of ether oxygens (including phenoxy) is 1. The van der Waals surface area contributed by atoms with Crippen LogP contribution in [0, 0.1) is 0 Å². The molecule has 0 saturated carbocycles. The Labute approximate surface area is 91.2 Å². The summed E-state index contributed by atoms with van der Waals surface area (Å²) in [5.74, 6) is 0.336. The first-order valence-corrected chi connectivity index (χ1v) is 4.74. The van der Waals surface area contributed by atoms with Crippen LogP contribution in [0.5, 0.6) is 5.75 Å². The van der Waals surface area contributed by atoms with E-state index < -0.39 is 0 Å². The van der Waals surface area contributed by atoms with E-state index in [1.54, 1.807) is 19.2 Å². The number of likely N-dealkylation sites (N-methyl/N-ethyl adjacent to an activating group) is 1. The second kappa shape index (κ2) is 3.33. The summed E-state index contributed by atoms with van der Waals surface area (Å²) < 4.78 is 5.21. The maximum Gasteiger partial charge on any atom is 0.264 e. The zero-order valence-electron chi connectivity index (χ0n) is 7.38. The van der Waals surface area contributed by atoms with Gasteiger partial charge in [-0.15, -0.1) is 0 Å². The van der Waals surface area contributed by atoms with Gasteiger partial charge in [-0.05, 0) is 12.1 Å². The summed E-state index contributed by atoms with van der Waals surface area (Å²) in [6.45, 7) is 0.00353. The Morgan fingerprint density at radius 1 is 1.36 bits per heavy atom. The van der Waals surface area contributed by atoms with Gasteiger partial charge in [-0.25, -0.2) is 0 Å². The highest BCUT2D eigenvalue weighted by molar-refractivity contribution is 6.37. The molecule has 2 rings (SSSR count). The number of halogens is 2. The molecule has 5 heteroatoms. The third kappa shape index (κ3) is 1.33. The molecule has 1 amide bonds. The van der Waals surface area contributed by atoms with Crippen LogP contribution in [0.15, 0.2) is 12.1 Å². The lowest BCUT2D eigenvalue weighted by molar-refractivity contribution is -0.120. The van der Waals surface area contributed by atoms with Crippen molar-refractivity contribution in [2.24, 2.45) is 0 Å². The molecule has 0 aromatic heterocycles. The minimum Gasteiger partial charge on any atom is -0.480 e. The summed E-state index contributed by atoms with van der Waals surface area (Å²) >= 11 is 11.8. The van der Waals surface area contributed by atoms with Crippen molar-refractivity contribution < 1.29 is 9.53 Å². The lowest BCUT2D eigenvalue weighted by Gasteiger charge is -2.27. The van der Waals surface area contributed by atoms with Gasteiger partial charge in [0, 0.05) is 7.05 Å². The number of rotatable bonds is 0. The molecule has 0 spiro atoms. The number of carbonyl (C=O) groups excluding carboxylic acids is 1. The highest BCUT2D eigenvalue weighted by Crippen LogP contribution is 2.42. The summed E-state index contributed by atoms with van der Waals surface area (Å²) in [5, 5.41) is 0.920. The molecule has 74 valence electrons. The van der Waals surface area contributed by atoms with E-state index in [1.165, 1.54) is 4.90 Å². The van der Waals surface area contributed by atoms with Gasteiger partial charge in [-0.3, -0.25) is 4.79 Å². The van der Waals surface area contributed by atoms with Gasteiger partial charge in [-0.2, -0.15) is 0 Å². The van der Waals surface area contributed by atoms with Gasteiger partial charge < -0.3 is 9.64 Å². The van der Waals surface area contributed by atoms with Crippen molar-refractivity contribution >= 4 is 34.8 Å². The lowest BCUT2D eigenvalue weighted by atomic mass is 10.2. The average Bonchev–Trinajstić information content (AvgIpc) is 2.16. The van der Waals surface area contributed by atoms with Crippen molar-refractivity contribution in [2.75, 3.05) is 18.6 Å². The first kappa shape index (κ1) is 9.62. The molecule has 1 aliphatic heterocycles. The summed E-state index contributed by atoms with van der Waals surface area (Å²) in [5.41, 5.74) is 0.537. The van der Waals surface area contributed by atoms with Crippen LogP contribution in [-0.4, -0.2) is 19.6 Å². The normalized spacial score (nSPS) is 15.1. The van der Waals surface area contributed by atoms with Crippen LogP contribution in [-0.2, 0) is 4.79 Å². The second-order valence-electron chi connectivity index (χ2n) is 2.95. The Morgan fingerprint density at radius 3 is 2.71 bits per heavy atom. The summed E-state index contributed by atoms with van der Waals surface area (Å²) in [6, 6.07) is 3.29. The molecule has 0 fully saturated rings. The predicted molar refractivity (Wildman–Crippen MR) is 55.4 cm³/mol. The van der Waals surface area contributed by atoms with Crippen LogP contribution in [0.3, 0.4) is 0 Å². The first-order chi connectivity index (χ1) is 6.61. The monoisotopic (exact) mass is 231 g/mol. The van der Waals surface area contributed by atoms with Gasteiger partial charge in [0.05, 0.1) is 10.0 Å². The van der Waals surface area contributed by atoms with E-state index in [0.29, 0.717) is 21.5 Å². The number of hydrogen-bond donors (Lipinski definition) is 0. The quantitative estimate of drug-likeness (QED) is 0.687. The molecule has 1 heterocycles. The number of fused-ring (bicyclic) bond motifs is 1. The third-order valence-corrected chi connectivity index (χ3v) is 2.69. The molecular weight excluding hydrogens is 225 g/mol. The van der Waals surface area contributed by atoms with E-state index in [9.17, 15) is 4.79 Å². The van der Waals surface area contributed by atoms with Gasteiger partial charge in [0.2, 0.25) is 0 Å². The summed E-state index contributed by atoms with van der Waals surface area (Å²) in [6.07, 6.45) is 0. The van der Waals surface area contributed by atoms with E-state index in [4.69, 9.17) is 27.9 Å². The van der Waals surface area contributed by atoms with Crippen molar-refractivity contribution in [3.63, 3.8) is 0 Å². The molecule has 0 saturated heterocycles. The topological polar surface area (TPSA) is 29.5 Å². The van der Waals surface area contributed by atoms with E-state index in [-0.39, 0.29) is 12.5 Å². The number of amides is 1. The fourth-order valence-electron chi connectivity index (χ4n) is 1.33.